The van der Waals surface area contributed by atoms with Crippen molar-refractivity contribution >= 4 is 10.8 Å². The first-order valence-electron chi connectivity index (χ1n) is 7.49. The zero-order valence-corrected chi connectivity index (χ0v) is 12.6. The average molecular weight is 320 g/mol. The van der Waals surface area contributed by atoms with Gasteiger partial charge in [-0.3, -0.25) is 0 Å². The minimum absolute atomic E-state index is 0.0397. The average Bonchev–Trinajstić information content (AvgIpc) is 3.10. The fraction of sp³-hybridized carbons (Fsp3) is 0.0526. The van der Waals surface area contributed by atoms with Gasteiger partial charge in [-0.1, -0.05) is 47.6 Å². The summed E-state index contributed by atoms with van der Waals surface area (Å²) in [6, 6.07) is 20.2. The highest BCUT2D eigenvalue weighted by Gasteiger charge is 2.11. The molecule has 4 rings (SSSR count). The van der Waals surface area contributed by atoms with Crippen LogP contribution in [-0.4, -0.2) is 10.1 Å². The van der Waals surface area contributed by atoms with E-state index in [4.69, 9.17) is 9.26 Å². The molecule has 0 amide bonds. The van der Waals surface area contributed by atoms with Gasteiger partial charge in [-0.2, -0.15) is 4.98 Å². The summed E-state index contributed by atoms with van der Waals surface area (Å²) in [5.74, 6) is 0.514. The number of aromatic nitrogens is 2. The molecule has 0 aliphatic carbocycles. The van der Waals surface area contributed by atoms with Gasteiger partial charge in [0.15, 0.2) is 18.2 Å². The summed E-state index contributed by atoms with van der Waals surface area (Å²) in [4.78, 5) is 4.31. The monoisotopic (exact) mass is 320 g/mol. The summed E-state index contributed by atoms with van der Waals surface area (Å²) in [6.45, 7) is 0.0397. The number of halogens is 1. The molecule has 0 unspecified atom stereocenters. The van der Waals surface area contributed by atoms with Crippen LogP contribution >= 0.6 is 0 Å². The van der Waals surface area contributed by atoms with E-state index in [0.29, 0.717) is 11.7 Å². The number of para-hydroxylation sites is 1. The van der Waals surface area contributed by atoms with Gasteiger partial charge in [0.25, 0.3) is 5.89 Å². The van der Waals surface area contributed by atoms with Crippen LogP contribution in [0.25, 0.3) is 22.2 Å². The molecule has 0 radical (unpaired) electrons. The molecule has 5 heteroatoms. The normalized spacial score (nSPS) is 10.9. The molecule has 0 atom stereocenters. The Balaban J connectivity index is 1.54. The van der Waals surface area contributed by atoms with Crippen LogP contribution < -0.4 is 4.74 Å². The molecule has 0 saturated heterocycles. The van der Waals surface area contributed by atoms with Crippen molar-refractivity contribution < 1.29 is 13.7 Å². The Morgan fingerprint density at radius 1 is 0.917 bits per heavy atom. The van der Waals surface area contributed by atoms with Crippen molar-refractivity contribution in [3.05, 3.63) is 78.4 Å². The largest absolute Gasteiger partial charge is 0.482 e. The van der Waals surface area contributed by atoms with Crippen LogP contribution in [0.1, 0.15) is 5.82 Å². The second-order valence-electron chi connectivity index (χ2n) is 5.30. The molecule has 0 bridgehead atoms. The molecule has 0 spiro atoms. The third-order valence-corrected chi connectivity index (χ3v) is 3.66. The number of fused-ring (bicyclic) bond motifs is 1. The van der Waals surface area contributed by atoms with Gasteiger partial charge in [-0.25, -0.2) is 4.39 Å². The summed E-state index contributed by atoms with van der Waals surface area (Å²) in [7, 11) is 0. The fourth-order valence-corrected chi connectivity index (χ4v) is 2.46. The molecule has 1 heterocycles. The molecule has 0 fully saturated rings. The molecule has 24 heavy (non-hydrogen) atoms. The number of ether oxygens (including phenoxy) is 1. The molecule has 1 aromatic heterocycles. The van der Waals surface area contributed by atoms with Gasteiger partial charge >= 0.3 is 0 Å². The van der Waals surface area contributed by atoms with Crippen LogP contribution in [0.4, 0.5) is 4.39 Å². The van der Waals surface area contributed by atoms with Crippen LogP contribution in [0, 0.1) is 5.82 Å². The Hall–Kier alpha value is -3.21. The lowest BCUT2D eigenvalue weighted by molar-refractivity contribution is 0.274. The third-order valence-electron chi connectivity index (χ3n) is 3.66. The maximum atomic E-state index is 13.5. The first-order valence-corrected chi connectivity index (χ1v) is 7.49. The van der Waals surface area contributed by atoms with Crippen molar-refractivity contribution in [3.8, 4) is 17.2 Å². The Bertz CT molecular complexity index is 997. The van der Waals surface area contributed by atoms with E-state index < -0.39 is 5.82 Å². The minimum atomic E-state index is -0.421. The predicted octanol–water partition coefficient (Wildman–Crippen LogP) is 4.61. The van der Waals surface area contributed by atoms with Gasteiger partial charge in [0, 0.05) is 5.56 Å². The summed E-state index contributed by atoms with van der Waals surface area (Å²) in [6.07, 6.45) is 0. The van der Waals surface area contributed by atoms with Crippen molar-refractivity contribution in [1.82, 2.24) is 10.1 Å². The summed E-state index contributed by atoms with van der Waals surface area (Å²) in [5, 5.41) is 6.12. The van der Waals surface area contributed by atoms with E-state index in [1.165, 1.54) is 6.07 Å². The van der Waals surface area contributed by atoms with Crippen LogP contribution in [0.5, 0.6) is 5.75 Å². The lowest BCUT2D eigenvalue weighted by Crippen LogP contribution is -1.99. The molecule has 118 valence electrons. The van der Waals surface area contributed by atoms with E-state index >= 15 is 0 Å². The number of hydrogen-bond acceptors (Lipinski definition) is 4. The molecule has 0 aliphatic rings. The Kier molecular flexibility index (Phi) is 3.67. The smallest absolute Gasteiger partial charge is 0.258 e. The fourth-order valence-electron chi connectivity index (χ4n) is 2.46. The van der Waals surface area contributed by atoms with E-state index in [1.807, 2.05) is 42.5 Å². The first-order chi connectivity index (χ1) is 11.8. The highest BCUT2D eigenvalue weighted by atomic mass is 19.1. The maximum Gasteiger partial charge on any atom is 0.258 e. The summed E-state index contributed by atoms with van der Waals surface area (Å²) < 4.78 is 24.2. The van der Waals surface area contributed by atoms with Gasteiger partial charge in [0.05, 0.1) is 0 Å². The van der Waals surface area contributed by atoms with Crippen LogP contribution in [0.2, 0.25) is 0 Å². The van der Waals surface area contributed by atoms with Crippen molar-refractivity contribution in [2.75, 3.05) is 0 Å². The van der Waals surface area contributed by atoms with Crippen molar-refractivity contribution in [1.29, 1.82) is 0 Å². The van der Waals surface area contributed by atoms with Gasteiger partial charge in [0.2, 0.25) is 5.82 Å². The predicted molar refractivity (Wildman–Crippen MR) is 88.0 cm³/mol. The topological polar surface area (TPSA) is 48.2 Å². The summed E-state index contributed by atoms with van der Waals surface area (Å²) in [5.41, 5.74) is 0.832. The molecular weight excluding hydrogens is 307 g/mol. The first kappa shape index (κ1) is 14.4. The van der Waals surface area contributed by atoms with E-state index in [9.17, 15) is 4.39 Å². The number of nitrogens with zero attached hydrogens (tertiary/aromatic N) is 2. The Morgan fingerprint density at radius 2 is 1.71 bits per heavy atom. The van der Waals surface area contributed by atoms with Gasteiger partial charge in [0.1, 0.15) is 0 Å². The van der Waals surface area contributed by atoms with Crippen LogP contribution in [0.3, 0.4) is 0 Å². The third kappa shape index (κ3) is 2.84. The van der Waals surface area contributed by atoms with Crippen LogP contribution in [0.15, 0.2) is 71.3 Å². The molecule has 0 N–H and O–H groups in total. The van der Waals surface area contributed by atoms with Gasteiger partial charge in [-0.05, 0) is 35.0 Å². The standard InChI is InChI=1S/C19H13FN2O2/c20-16-7-3-4-8-17(16)23-12-18-21-19(24-22-18)15-10-9-13-5-1-2-6-14(13)11-15/h1-11H,12H2. The summed E-state index contributed by atoms with van der Waals surface area (Å²) >= 11 is 0. The van der Waals surface area contributed by atoms with Crippen molar-refractivity contribution in [2.24, 2.45) is 0 Å². The maximum absolute atomic E-state index is 13.5. The minimum Gasteiger partial charge on any atom is -0.482 e. The number of rotatable bonds is 4. The van der Waals surface area contributed by atoms with Crippen molar-refractivity contribution in [2.45, 2.75) is 6.61 Å². The zero-order valence-electron chi connectivity index (χ0n) is 12.6. The van der Waals surface area contributed by atoms with Crippen LogP contribution in [-0.2, 0) is 6.61 Å². The number of benzene rings is 3. The van der Waals surface area contributed by atoms with E-state index in [1.54, 1.807) is 18.2 Å². The molecule has 0 saturated carbocycles. The molecule has 4 aromatic rings. The Labute approximate surface area is 137 Å². The molecule has 0 aliphatic heterocycles. The highest BCUT2D eigenvalue weighted by Crippen LogP contribution is 2.23. The van der Waals surface area contributed by atoms with Gasteiger partial charge in [-0.15, -0.1) is 0 Å². The van der Waals surface area contributed by atoms with E-state index in [0.717, 1.165) is 16.3 Å². The lowest BCUT2D eigenvalue weighted by atomic mass is 10.1. The zero-order chi connectivity index (χ0) is 16.4. The highest BCUT2D eigenvalue weighted by molar-refractivity contribution is 5.86. The van der Waals surface area contributed by atoms with E-state index in [-0.39, 0.29) is 12.4 Å². The quantitative estimate of drug-likeness (QED) is 0.551. The molecular formula is C19H13FN2O2. The number of hydrogen-bond donors (Lipinski definition) is 0. The van der Waals surface area contributed by atoms with Crippen molar-refractivity contribution in [3.63, 3.8) is 0 Å². The lowest BCUT2D eigenvalue weighted by Gasteiger charge is -2.03. The van der Waals surface area contributed by atoms with Gasteiger partial charge < -0.3 is 9.26 Å². The molecule has 3 aromatic carbocycles. The second kappa shape index (κ2) is 6.12. The second-order valence-corrected chi connectivity index (χ2v) is 5.30. The van der Waals surface area contributed by atoms with E-state index in [2.05, 4.69) is 10.1 Å². The Morgan fingerprint density at radius 3 is 2.58 bits per heavy atom. The SMILES string of the molecule is Fc1ccccc1OCc1noc(-c2ccc3ccccc3c2)n1. The molecule has 4 nitrogen and oxygen atoms in total.